The number of nitrogens with one attached hydrogen (secondary N) is 1. The van der Waals surface area contributed by atoms with Crippen molar-refractivity contribution in [1.29, 1.82) is 0 Å². The van der Waals surface area contributed by atoms with Crippen molar-refractivity contribution in [3.05, 3.63) is 59.4 Å². The molecule has 26 heavy (non-hydrogen) atoms. The van der Waals surface area contributed by atoms with Gasteiger partial charge in [-0.2, -0.15) is 0 Å². The highest BCUT2D eigenvalue weighted by Crippen LogP contribution is 2.24. The average Bonchev–Trinajstić information content (AvgIpc) is 2.63. The molecule has 1 aliphatic rings. The lowest BCUT2D eigenvalue weighted by Gasteiger charge is -2.35. The van der Waals surface area contributed by atoms with Crippen molar-refractivity contribution in [2.24, 2.45) is 11.8 Å². The highest BCUT2D eigenvalue weighted by atomic mass is 16.2. The molecule has 2 heterocycles. The molecule has 0 aliphatic carbocycles. The summed E-state index contributed by atoms with van der Waals surface area (Å²) in [6.45, 7) is 7.85. The summed E-state index contributed by atoms with van der Waals surface area (Å²) in [7, 11) is 0. The van der Waals surface area contributed by atoms with Gasteiger partial charge in [-0.1, -0.05) is 26.0 Å². The second kappa shape index (κ2) is 7.68. The Balaban J connectivity index is 1.79. The predicted molar refractivity (Wildman–Crippen MR) is 102 cm³/mol. The van der Waals surface area contributed by atoms with Crippen molar-refractivity contribution >= 4 is 17.5 Å². The normalized spacial score (nSPS) is 19.9. The van der Waals surface area contributed by atoms with Crippen molar-refractivity contribution in [2.45, 2.75) is 27.2 Å². The van der Waals surface area contributed by atoms with Gasteiger partial charge in [-0.15, -0.1) is 0 Å². The van der Waals surface area contributed by atoms with Crippen LogP contribution in [0.4, 0.5) is 5.69 Å². The molecule has 2 amide bonds. The number of benzene rings is 1. The van der Waals surface area contributed by atoms with Gasteiger partial charge in [0, 0.05) is 30.5 Å². The quantitative estimate of drug-likeness (QED) is 0.916. The molecule has 1 aromatic carbocycles. The first-order chi connectivity index (χ1) is 12.4. The lowest BCUT2D eigenvalue weighted by Crippen LogP contribution is -2.42. The number of pyridine rings is 1. The molecule has 0 radical (unpaired) electrons. The molecule has 1 fully saturated rings. The Morgan fingerprint density at radius 2 is 1.85 bits per heavy atom. The number of piperidine rings is 1. The highest BCUT2D eigenvalue weighted by molar-refractivity contribution is 6.04. The van der Waals surface area contributed by atoms with Crippen LogP contribution in [-0.4, -0.2) is 34.8 Å². The predicted octanol–water partition coefficient (Wildman–Crippen LogP) is 3.76. The molecule has 1 aliphatic heterocycles. The number of aromatic nitrogens is 1. The Bertz CT molecular complexity index is 794. The highest BCUT2D eigenvalue weighted by Gasteiger charge is 2.26. The van der Waals surface area contributed by atoms with Gasteiger partial charge in [0.1, 0.15) is 5.69 Å². The number of hydrogen-bond donors (Lipinski definition) is 1. The van der Waals surface area contributed by atoms with Crippen molar-refractivity contribution in [1.82, 2.24) is 9.88 Å². The maximum Gasteiger partial charge on any atom is 0.274 e. The van der Waals surface area contributed by atoms with Crippen molar-refractivity contribution in [3.63, 3.8) is 0 Å². The van der Waals surface area contributed by atoms with E-state index in [2.05, 4.69) is 24.1 Å². The van der Waals surface area contributed by atoms with E-state index in [9.17, 15) is 9.59 Å². The van der Waals surface area contributed by atoms with Gasteiger partial charge in [-0.05, 0) is 55.0 Å². The molecule has 0 saturated carbocycles. The minimum absolute atomic E-state index is 0.0248. The minimum Gasteiger partial charge on any atom is -0.338 e. The van der Waals surface area contributed by atoms with Gasteiger partial charge in [0.05, 0.1) is 0 Å². The monoisotopic (exact) mass is 351 g/mol. The van der Waals surface area contributed by atoms with Gasteiger partial charge in [0.25, 0.3) is 11.8 Å². The summed E-state index contributed by atoms with van der Waals surface area (Å²) in [5.74, 6) is 0.767. The van der Waals surface area contributed by atoms with Crippen LogP contribution in [0.3, 0.4) is 0 Å². The molecule has 1 saturated heterocycles. The zero-order valence-electron chi connectivity index (χ0n) is 15.5. The Morgan fingerprint density at radius 1 is 1.12 bits per heavy atom. The first-order valence-electron chi connectivity index (χ1n) is 9.06. The molecule has 0 unspecified atom stereocenters. The zero-order chi connectivity index (χ0) is 18.7. The molecule has 5 nitrogen and oxygen atoms in total. The minimum atomic E-state index is -0.279. The van der Waals surface area contributed by atoms with Crippen molar-refractivity contribution in [3.8, 4) is 0 Å². The Morgan fingerprint density at radius 3 is 2.50 bits per heavy atom. The molecule has 136 valence electrons. The standard InChI is InChI=1S/C21H25N3O2/c1-14-10-15(2)13-24(12-14)21(26)17-8-7-16(3)19(11-17)23-20(25)18-6-4-5-9-22-18/h4-9,11,14-15H,10,12-13H2,1-3H3,(H,23,25)/t14-,15-/m0/s1. The van der Waals surface area contributed by atoms with E-state index in [0.717, 1.165) is 25.1 Å². The number of likely N-dealkylation sites (tertiary alicyclic amines) is 1. The van der Waals surface area contributed by atoms with E-state index in [0.29, 0.717) is 28.8 Å². The number of hydrogen-bond acceptors (Lipinski definition) is 3. The molecule has 5 heteroatoms. The van der Waals surface area contributed by atoms with Crippen LogP contribution in [0.2, 0.25) is 0 Å². The lowest BCUT2D eigenvalue weighted by atomic mass is 9.91. The van der Waals surface area contributed by atoms with E-state index < -0.39 is 0 Å². The van der Waals surface area contributed by atoms with E-state index >= 15 is 0 Å². The average molecular weight is 351 g/mol. The molecule has 2 aromatic rings. The van der Waals surface area contributed by atoms with Gasteiger partial charge in [0.15, 0.2) is 0 Å². The summed E-state index contributed by atoms with van der Waals surface area (Å²) in [6.07, 6.45) is 2.74. The Kier molecular flexibility index (Phi) is 5.35. The fraction of sp³-hybridized carbons (Fsp3) is 0.381. The van der Waals surface area contributed by atoms with Gasteiger partial charge < -0.3 is 10.2 Å². The van der Waals surface area contributed by atoms with Crippen LogP contribution in [0.1, 0.15) is 46.7 Å². The van der Waals surface area contributed by atoms with E-state index in [4.69, 9.17) is 0 Å². The third-order valence-electron chi connectivity index (χ3n) is 4.79. The number of carbonyl (C=O) groups is 2. The summed E-state index contributed by atoms with van der Waals surface area (Å²) in [5, 5.41) is 2.87. The van der Waals surface area contributed by atoms with E-state index in [-0.39, 0.29) is 11.8 Å². The topological polar surface area (TPSA) is 62.3 Å². The first-order valence-corrected chi connectivity index (χ1v) is 9.06. The maximum absolute atomic E-state index is 12.9. The van der Waals surface area contributed by atoms with Crippen LogP contribution in [0.15, 0.2) is 42.6 Å². The maximum atomic E-state index is 12.9. The van der Waals surface area contributed by atoms with Crippen LogP contribution in [0, 0.1) is 18.8 Å². The SMILES string of the molecule is Cc1ccc(C(=O)N2C[C@@H](C)C[C@H](C)C2)cc1NC(=O)c1ccccn1. The summed E-state index contributed by atoms with van der Waals surface area (Å²) in [5.41, 5.74) is 2.51. The summed E-state index contributed by atoms with van der Waals surface area (Å²) in [4.78, 5) is 31.3. The summed E-state index contributed by atoms with van der Waals surface area (Å²) < 4.78 is 0. The molecular weight excluding hydrogens is 326 g/mol. The van der Waals surface area contributed by atoms with Crippen LogP contribution in [0.5, 0.6) is 0 Å². The van der Waals surface area contributed by atoms with Gasteiger partial charge >= 0.3 is 0 Å². The molecular formula is C21H25N3O2. The van der Waals surface area contributed by atoms with Crippen LogP contribution < -0.4 is 5.32 Å². The van der Waals surface area contributed by atoms with Crippen molar-refractivity contribution < 1.29 is 9.59 Å². The van der Waals surface area contributed by atoms with Crippen molar-refractivity contribution in [2.75, 3.05) is 18.4 Å². The molecule has 2 atom stereocenters. The second-order valence-electron chi connectivity index (χ2n) is 7.35. The Hall–Kier alpha value is -2.69. The Labute approximate surface area is 154 Å². The van der Waals surface area contributed by atoms with E-state index in [1.54, 1.807) is 30.5 Å². The summed E-state index contributed by atoms with van der Waals surface area (Å²) in [6, 6.07) is 10.7. The molecule has 1 aromatic heterocycles. The number of amides is 2. The zero-order valence-corrected chi connectivity index (χ0v) is 15.5. The van der Waals surface area contributed by atoms with E-state index in [1.807, 2.05) is 24.0 Å². The van der Waals surface area contributed by atoms with Crippen LogP contribution in [0.25, 0.3) is 0 Å². The third kappa shape index (κ3) is 4.10. The fourth-order valence-corrected chi connectivity index (χ4v) is 3.58. The number of anilines is 1. The van der Waals surface area contributed by atoms with Gasteiger partial charge in [-0.3, -0.25) is 14.6 Å². The lowest BCUT2D eigenvalue weighted by molar-refractivity contribution is 0.0623. The largest absolute Gasteiger partial charge is 0.338 e. The number of nitrogens with zero attached hydrogens (tertiary/aromatic N) is 2. The molecule has 0 bridgehead atoms. The third-order valence-corrected chi connectivity index (χ3v) is 4.79. The molecule has 0 spiro atoms. The summed E-state index contributed by atoms with van der Waals surface area (Å²) >= 11 is 0. The van der Waals surface area contributed by atoms with Crippen LogP contribution in [-0.2, 0) is 0 Å². The number of rotatable bonds is 3. The molecule has 1 N–H and O–H groups in total. The fourth-order valence-electron chi connectivity index (χ4n) is 3.58. The number of carbonyl (C=O) groups excluding carboxylic acids is 2. The second-order valence-corrected chi connectivity index (χ2v) is 7.35. The smallest absolute Gasteiger partial charge is 0.274 e. The number of aryl methyl sites for hydroxylation is 1. The van der Waals surface area contributed by atoms with Gasteiger partial charge in [0.2, 0.25) is 0 Å². The molecule has 3 rings (SSSR count). The van der Waals surface area contributed by atoms with E-state index in [1.165, 1.54) is 0 Å². The van der Waals surface area contributed by atoms with Crippen LogP contribution >= 0.6 is 0 Å². The first kappa shape index (κ1) is 18.1. The van der Waals surface area contributed by atoms with Gasteiger partial charge in [-0.25, -0.2) is 0 Å².